The number of carboxylic acid groups (broad SMARTS) is 1. The standard InChI is InChI=1S/C22H15F3N2O2S/c23-15-10-16(24)22-21(20(15)25)27-18(30-22)8-13-6-14(9-19(28)29)17(26-11-13)7-12-4-2-1-3-5-12/h1-6,10-11H,7-9H2,(H,28,29). The summed E-state index contributed by atoms with van der Waals surface area (Å²) in [7, 11) is 0. The van der Waals surface area contributed by atoms with Crippen LogP contribution in [0.25, 0.3) is 10.2 Å². The molecule has 2 aromatic heterocycles. The maximum Gasteiger partial charge on any atom is 0.307 e. The fourth-order valence-electron chi connectivity index (χ4n) is 3.23. The molecule has 2 heterocycles. The van der Waals surface area contributed by atoms with Crippen molar-refractivity contribution in [3.05, 3.63) is 93.5 Å². The predicted octanol–water partition coefficient (Wildman–Crippen LogP) is 4.92. The minimum atomic E-state index is -1.28. The molecule has 0 amide bonds. The van der Waals surface area contributed by atoms with Crippen molar-refractivity contribution < 1.29 is 23.1 Å². The number of nitrogens with zero attached hydrogens (tertiary/aromatic N) is 2. The lowest BCUT2D eigenvalue weighted by molar-refractivity contribution is -0.136. The number of fused-ring (bicyclic) bond motifs is 1. The van der Waals surface area contributed by atoms with Crippen LogP contribution >= 0.6 is 11.3 Å². The first-order valence-corrected chi connectivity index (χ1v) is 9.87. The lowest BCUT2D eigenvalue weighted by Crippen LogP contribution is -2.07. The summed E-state index contributed by atoms with van der Waals surface area (Å²) in [5.74, 6) is -4.32. The first-order valence-electron chi connectivity index (χ1n) is 9.06. The fraction of sp³-hybridized carbons (Fsp3) is 0.136. The zero-order valence-electron chi connectivity index (χ0n) is 15.5. The predicted molar refractivity (Wildman–Crippen MR) is 107 cm³/mol. The summed E-state index contributed by atoms with van der Waals surface area (Å²) in [6.45, 7) is 0. The zero-order chi connectivity index (χ0) is 21.3. The van der Waals surface area contributed by atoms with Gasteiger partial charge in [-0.05, 0) is 16.7 Å². The number of rotatable bonds is 6. The quantitative estimate of drug-likeness (QED) is 0.443. The van der Waals surface area contributed by atoms with Crippen molar-refractivity contribution >= 4 is 27.5 Å². The van der Waals surface area contributed by atoms with Crippen LogP contribution < -0.4 is 0 Å². The van der Waals surface area contributed by atoms with Crippen LogP contribution in [0, 0.1) is 17.5 Å². The molecule has 0 bridgehead atoms. The molecular formula is C22H15F3N2O2S. The highest BCUT2D eigenvalue weighted by atomic mass is 32.1. The van der Waals surface area contributed by atoms with Crippen LogP contribution in [0.2, 0.25) is 0 Å². The molecule has 0 saturated carbocycles. The Balaban J connectivity index is 1.66. The van der Waals surface area contributed by atoms with E-state index in [1.807, 2.05) is 30.3 Å². The van der Waals surface area contributed by atoms with Gasteiger partial charge < -0.3 is 5.11 Å². The summed E-state index contributed by atoms with van der Waals surface area (Å²) >= 11 is 0.931. The molecule has 0 atom stereocenters. The molecule has 0 aliphatic rings. The minimum absolute atomic E-state index is 0.0525. The van der Waals surface area contributed by atoms with Gasteiger partial charge in [-0.1, -0.05) is 36.4 Å². The molecule has 8 heteroatoms. The second-order valence-electron chi connectivity index (χ2n) is 6.80. The molecule has 0 aliphatic heterocycles. The number of aliphatic carboxylic acids is 1. The second-order valence-corrected chi connectivity index (χ2v) is 7.88. The van der Waals surface area contributed by atoms with Crippen molar-refractivity contribution in [1.82, 2.24) is 9.97 Å². The number of aromatic nitrogens is 2. The molecule has 0 unspecified atom stereocenters. The molecule has 4 rings (SSSR count). The molecule has 0 fully saturated rings. The van der Waals surface area contributed by atoms with E-state index in [4.69, 9.17) is 0 Å². The van der Waals surface area contributed by atoms with Gasteiger partial charge in [0.2, 0.25) is 0 Å². The van der Waals surface area contributed by atoms with Crippen molar-refractivity contribution in [3.63, 3.8) is 0 Å². The lowest BCUT2D eigenvalue weighted by Gasteiger charge is -2.09. The molecule has 0 saturated heterocycles. The van der Waals surface area contributed by atoms with Gasteiger partial charge >= 0.3 is 5.97 Å². The first kappa shape index (κ1) is 20.0. The molecule has 0 radical (unpaired) electrons. The first-order chi connectivity index (χ1) is 14.4. The summed E-state index contributed by atoms with van der Waals surface area (Å²) in [5.41, 5.74) is 2.53. The monoisotopic (exact) mass is 428 g/mol. The van der Waals surface area contributed by atoms with Crippen LogP contribution in [-0.2, 0) is 24.1 Å². The van der Waals surface area contributed by atoms with E-state index >= 15 is 0 Å². The number of carboxylic acids is 1. The van der Waals surface area contributed by atoms with Crippen LogP contribution in [0.3, 0.4) is 0 Å². The van der Waals surface area contributed by atoms with E-state index in [0.717, 1.165) is 16.9 Å². The molecule has 0 aliphatic carbocycles. The third kappa shape index (κ3) is 4.18. The summed E-state index contributed by atoms with van der Waals surface area (Å²) in [4.78, 5) is 19.8. The Bertz CT molecular complexity index is 1240. The smallest absolute Gasteiger partial charge is 0.307 e. The highest BCUT2D eigenvalue weighted by Gasteiger charge is 2.18. The highest BCUT2D eigenvalue weighted by Crippen LogP contribution is 2.30. The van der Waals surface area contributed by atoms with Crippen molar-refractivity contribution in [1.29, 1.82) is 0 Å². The van der Waals surface area contributed by atoms with E-state index < -0.39 is 23.4 Å². The molecule has 4 nitrogen and oxygen atoms in total. The van der Waals surface area contributed by atoms with Gasteiger partial charge in [0.05, 0.1) is 16.1 Å². The number of carbonyl (C=O) groups is 1. The Labute approximate surface area is 173 Å². The van der Waals surface area contributed by atoms with Gasteiger partial charge in [-0.15, -0.1) is 11.3 Å². The number of benzene rings is 2. The summed E-state index contributed by atoms with van der Waals surface area (Å²) < 4.78 is 41.2. The summed E-state index contributed by atoms with van der Waals surface area (Å²) in [6, 6.07) is 11.8. The van der Waals surface area contributed by atoms with Gasteiger partial charge in [0.15, 0.2) is 11.6 Å². The Morgan fingerprint density at radius 2 is 1.77 bits per heavy atom. The maximum atomic E-state index is 13.9. The van der Waals surface area contributed by atoms with E-state index in [0.29, 0.717) is 34.3 Å². The van der Waals surface area contributed by atoms with E-state index in [1.54, 1.807) is 12.3 Å². The maximum absolute atomic E-state index is 13.9. The van der Waals surface area contributed by atoms with E-state index in [1.165, 1.54) is 0 Å². The topological polar surface area (TPSA) is 63.1 Å². The normalized spacial score (nSPS) is 11.2. The van der Waals surface area contributed by atoms with E-state index in [2.05, 4.69) is 9.97 Å². The Morgan fingerprint density at radius 1 is 1.00 bits per heavy atom. The van der Waals surface area contributed by atoms with E-state index in [-0.39, 0.29) is 23.1 Å². The van der Waals surface area contributed by atoms with Crippen LogP contribution in [0.1, 0.15) is 27.4 Å². The van der Waals surface area contributed by atoms with Crippen molar-refractivity contribution in [2.24, 2.45) is 0 Å². The molecule has 0 spiro atoms. The molecule has 2 aromatic carbocycles. The van der Waals surface area contributed by atoms with Gasteiger partial charge in [-0.3, -0.25) is 9.78 Å². The minimum Gasteiger partial charge on any atom is -0.481 e. The largest absolute Gasteiger partial charge is 0.481 e. The molecule has 1 N–H and O–H groups in total. The van der Waals surface area contributed by atoms with Gasteiger partial charge in [0, 0.05) is 30.8 Å². The summed E-state index contributed by atoms with van der Waals surface area (Å²) in [5, 5.41) is 9.65. The number of hydrogen-bond donors (Lipinski definition) is 1. The third-order valence-corrected chi connectivity index (χ3v) is 5.65. The van der Waals surface area contributed by atoms with Crippen LogP contribution in [-0.4, -0.2) is 21.0 Å². The fourth-order valence-corrected chi connectivity index (χ4v) is 4.23. The number of pyridine rings is 1. The highest BCUT2D eigenvalue weighted by molar-refractivity contribution is 7.18. The Morgan fingerprint density at radius 3 is 2.50 bits per heavy atom. The Kier molecular flexibility index (Phi) is 5.50. The van der Waals surface area contributed by atoms with Crippen molar-refractivity contribution in [2.45, 2.75) is 19.3 Å². The molecule has 30 heavy (non-hydrogen) atoms. The van der Waals surface area contributed by atoms with Crippen LogP contribution in [0.5, 0.6) is 0 Å². The molecule has 152 valence electrons. The van der Waals surface area contributed by atoms with Crippen LogP contribution in [0.4, 0.5) is 13.2 Å². The lowest BCUT2D eigenvalue weighted by atomic mass is 10.0. The summed E-state index contributed by atoms with van der Waals surface area (Å²) in [6.07, 6.45) is 2.09. The van der Waals surface area contributed by atoms with Crippen LogP contribution in [0.15, 0.2) is 48.7 Å². The van der Waals surface area contributed by atoms with Crippen molar-refractivity contribution in [2.75, 3.05) is 0 Å². The average Bonchev–Trinajstić information content (AvgIpc) is 3.13. The number of halogens is 3. The van der Waals surface area contributed by atoms with Gasteiger partial charge in [0.25, 0.3) is 0 Å². The number of hydrogen-bond acceptors (Lipinski definition) is 4. The average molecular weight is 428 g/mol. The molecular weight excluding hydrogens is 413 g/mol. The Hall–Kier alpha value is -3.26. The van der Waals surface area contributed by atoms with Gasteiger partial charge in [-0.25, -0.2) is 18.2 Å². The van der Waals surface area contributed by atoms with Crippen molar-refractivity contribution in [3.8, 4) is 0 Å². The third-order valence-electron chi connectivity index (χ3n) is 4.59. The zero-order valence-corrected chi connectivity index (χ0v) is 16.3. The van der Waals surface area contributed by atoms with E-state index in [9.17, 15) is 23.1 Å². The molecule has 4 aromatic rings. The second kappa shape index (κ2) is 8.23. The number of thiazole rings is 1. The van der Waals surface area contributed by atoms with Gasteiger partial charge in [0.1, 0.15) is 11.3 Å². The SMILES string of the molecule is O=C(O)Cc1cc(Cc2nc3c(F)c(F)cc(F)c3s2)cnc1Cc1ccccc1. The van der Waals surface area contributed by atoms with Gasteiger partial charge in [-0.2, -0.15) is 0 Å².